The molecule has 0 aliphatic carbocycles. The lowest BCUT2D eigenvalue weighted by molar-refractivity contribution is 0.0114. The molecule has 3 N–H and O–H groups in total. The molecule has 0 bridgehead atoms. The molecular formula is C12H24N4O. The zero-order valence-corrected chi connectivity index (χ0v) is 10.9. The van der Waals surface area contributed by atoms with Gasteiger partial charge in [0, 0.05) is 6.20 Å². The molecule has 0 atom stereocenters. The van der Waals surface area contributed by atoms with E-state index in [9.17, 15) is 5.11 Å². The van der Waals surface area contributed by atoms with E-state index in [-0.39, 0.29) is 0 Å². The van der Waals surface area contributed by atoms with Crippen LogP contribution in [0.2, 0.25) is 0 Å². The molecule has 0 aromatic carbocycles. The van der Waals surface area contributed by atoms with Gasteiger partial charge in [0.1, 0.15) is 0 Å². The average Bonchev–Trinajstić information content (AvgIpc) is 2.77. The van der Waals surface area contributed by atoms with Crippen LogP contribution in [0.4, 0.5) is 0 Å². The standard InChI is InChI=1S/C12H24N4O/c1-3-12(17,4-2)10-16-9-11(14-15-16)7-5-6-8-13/h9,17H,3-8,10,13H2,1-2H3. The summed E-state index contributed by atoms with van der Waals surface area (Å²) < 4.78 is 1.74. The summed E-state index contributed by atoms with van der Waals surface area (Å²) in [5.74, 6) is 0. The monoisotopic (exact) mass is 240 g/mol. The Labute approximate surface area is 103 Å². The van der Waals surface area contributed by atoms with Crippen molar-refractivity contribution in [2.45, 2.75) is 58.1 Å². The van der Waals surface area contributed by atoms with Crippen LogP contribution in [0.5, 0.6) is 0 Å². The molecule has 1 aromatic rings. The fourth-order valence-corrected chi connectivity index (χ4v) is 1.76. The van der Waals surface area contributed by atoms with Gasteiger partial charge in [-0.1, -0.05) is 19.1 Å². The van der Waals surface area contributed by atoms with Crippen molar-refractivity contribution in [2.75, 3.05) is 6.54 Å². The van der Waals surface area contributed by atoms with Gasteiger partial charge in [0.05, 0.1) is 17.8 Å². The second kappa shape index (κ2) is 6.71. The lowest BCUT2D eigenvalue weighted by Crippen LogP contribution is -2.32. The van der Waals surface area contributed by atoms with Crippen LogP contribution in [-0.2, 0) is 13.0 Å². The topological polar surface area (TPSA) is 77.0 Å². The third-order valence-corrected chi connectivity index (χ3v) is 3.25. The van der Waals surface area contributed by atoms with Crippen molar-refractivity contribution in [1.29, 1.82) is 0 Å². The molecule has 1 rings (SSSR count). The molecule has 1 heterocycles. The van der Waals surface area contributed by atoms with E-state index >= 15 is 0 Å². The van der Waals surface area contributed by atoms with Gasteiger partial charge in [0.2, 0.25) is 0 Å². The third-order valence-electron chi connectivity index (χ3n) is 3.25. The lowest BCUT2D eigenvalue weighted by Gasteiger charge is -2.24. The first-order chi connectivity index (χ1) is 8.13. The highest BCUT2D eigenvalue weighted by Crippen LogP contribution is 2.16. The van der Waals surface area contributed by atoms with Gasteiger partial charge in [-0.05, 0) is 38.6 Å². The first-order valence-electron chi connectivity index (χ1n) is 6.45. The molecule has 5 heteroatoms. The maximum Gasteiger partial charge on any atom is 0.0838 e. The SMILES string of the molecule is CCC(O)(CC)Cn1cc(CCCCN)nn1. The summed E-state index contributed by atoms with van der Waals surface area (Å²) >= 11 is 0. The fourth-order valence-electron chi connectivity index (χ4n) is 1.76. The maximum absolute atomic E-state index is 10.2. The summed E-state index contributed by atoms with van der Waals surface area (Å²) in [5.41, 5.74) is 5.76. The maximum atomic E-state index is 10.2. The molecule has 0 unspecified atom stereocenters. The van der Waals surface area contributed by atoms with Gasteiger partial charge >= 0.3 is 0 Å². The van der Waals surface area contributed by atoms with Crippen molar-refractivity contribution >= 4 is 0 Å². The van der Waals surface area contributed by atoms with Crippen LogP contribution in [0.3, 0.4) is 0 Å². The number of aromatic nitrogens is 3. The van der Waals surface area contributed by atoms with Gasteiger partial charge in [0.15, 0.2) is 0 Å². The van der Waals surface area contributed by atoms with Crippen LogP contribution in [0.15, 0.2) is 6.20 Å². The molecule has 0 spiro atoms. The molecule has 1 aromatic heterocycles. The summed E-state index contributed by atoms with van der Waals surface area (Å²) in [5, 5.41) is 18.4. The molecule has 98 valence electrons. The van der Waals surface area contributed by atoms with Crippen LogP contribution in [-0.4, -0.2) is 32.2 Å². The molecule has 0 saturated carbocycles. The summed E-state index contributed by atoms with van der Waals surface area (Å²) in [6.45, 7) is 5.22. The number of rotatable bonds is 8. The zero-order valence-electron chi connectivity index (χ0n) is 10.9. The van der Waals surface area contributed by atoms with Gasteiger partial charge < -0.3 is 10.8 Å². The van der Waals surface area contributed by atoms with Crippen molar-refractivity contribution in [3.8, 4) is 0 Å². The minimum atomic E-state index is -0.664. The minimum Gasteiger partial charge on any atom is -0.388 e. The summed E-state index contributed by atoms with van der Waals surface area (Å²) in [7, 11) is 0. The van der Waals surface area contributed by atoms with Crippen LogP contribution >= 0.6 is 0 Å². The second-order valence-electron chi connectivity index (χ2n) is 4.58. The van der Waals surface area contributed by atoms with Crippen molar-refractivity contribution < 1.29 is 5.11 Å². The third kappa shape index (κ3) is 4.44. The minimum absolute atomic E-state index is 0.518. The Hall–Kier alpha value is -0.940. The quantitative estimate of drug-likeness (QED) is 0.667. The predicted octanol–water partition coefficient (Wildman–Crippen LogP) is 1.11. The highest BCUT2D eigenvalue weighted by Gasteiger charge is 2.23. The van der Waals surface area contributed by atoms with E-state index in [2.05, 4.69) is 10.3 Å². The highest BCUT2D eigenvalue weighted by molar-refractivity contribution is 4.93. The molecule has 0 fully saturated rings. The molecule has 0 aliphatic rings. The summed E-state index contributed by atoms with van der Waals surface area (Å²) in [4.78, 5) is 0. The Morgan fingerprint density at radius 2 is 2.06 bits per heavy atom. The number of aryl methyl sites for hydroxylation is 1. The average molecular weight is 240 g/mol. The van der Waals surface area contributed by atoms with Gasteiger partial charge in [-0.3, -0.25) is 0 Å². The number of hydrogen-bond acceptors (Lipinski definition) is 4. The number of unbranched alkanes of at least 4 members (excludes halogenated alkanes) is 1. The summed E-state index contributed by atoms with van der Waals surface area (Å²) in [6.07, 6.45) is 6.35. The Morgan fingerprint density at radius 1 is 1.35 bits per heavy atom. The van der Waals surface area contributed by atoms with Crippen LogP contribution < -0.4 is 5.73 Å². The molecule has 0 aliphatic heterocycles. The van der Waals surface area contributed by atoms with E-state index in [4.69, 9.17) is 5.73 Å². The highest BCUT2D eigenvalue weighted by atomic mass is 16.3. The van der Waals surface area contributed by atoms with E-state index in [1.165, 1.54) is 0 Å². The van der Waals surface area contributed by atoms with E-state index in [0.717, 1.165) is 44.3 Å². The molecular weight excluding hydrogens is 216 g/mol. The van der Waals surface area contributed by atoms with Crippen LogP contribution in [0.25, 0.3) is 0 Å². The van der Waals surface area contributed by atoms with Crippen molar-refractivity contribution in [3.05, 3.63) is 11.9 Å². The number of aliphatic hydroxyl groups is 1. The van der Waals surface area contributed by atoms with Crippen molar-refractivity contribution in [3.63, 3.8) is 0 Å². The molecule has 0 saturated heterocycles. The lowest BCUT2D eigenvalue weighted by atomic mass is 9.98. The van der Waals surface area contributed by atoms with E-state index < -0.39 is 5.60 Å². The van der Waals surface area contributed by atoms with Crippen LogP contribution in [0, 0.1) is 0 Å². The Morgan fingerprint density at radius 3 is 2.65 bits per heavy atom. The van der Waals surface area contributed by atoms with Gasteiger partial charge in [-0.15, -0.1) is 5.10 Å². The second-order valence-corrected chi connectivity index (χ2v) is 4.58. The number of nitrogens with zero attached hydrogens (tertiary/aromatic N) is 3. The van der Waals surface area contributed by atoms with Crippen LogP contribution in [0.1, 0.15) is 45.2 Å². The largest absolute Gasteiger partial charge is 0.388 e. The Kier molecular flexibility index (Phi) is 5.58. The normalized spacial score (nSPS) is 12.0. The number of hydrogen-bond donors (Lipinski definition) is 2. The van der Waals surface area contributed by atoms with Crippen molar-refractivity contribution in [2.24, 2.45) is 5.73 Å². The fraction of sp³-hybridized carbons (Fsp3) is 0.833. The predicted molar refractivity (Wildman–Crippen MR) is 67.5 cm³/mol. The van der Waals surface area contributed by atoms with E-state index in [1.807, 2.05) is 20.0 Å². The van der Waals surface area contributed by atoms with E-state index in [1.54, 1.807) is 4.68 Å². The summed E-state index contributed by atoms with van der Waals surface area (Å²) in [6, 6.07) is 0. The Bertz CT molecular complexity index is 320. The van der Waals surface area contributed by atoms with Gasteiger partial charge in [-0.25, -0.2) is 4.68 Å². The first kappa shape index (κ1) is 14.1. The van der Waals surface area contributed by atoms with Gasteiger partial charge in [-0.2, -0.15) is 0 Å². The van der Waals surface area contributed by atoms with Gasteiger partial charge in [0.25, 0.3) is 0 Å². The zero-order chi connectivity index (χ0) is 12.7. The van der Waals surface area contributed by atoms with Crippen molar-refractivity contribution in [1.82, 2.24) is 15.0 Å². The molecule has 17 heavy (non-hydrogen) atoms. The first-order valence-corrected chi connectivity index (χ1v) is 6.45. The molecule has 0 amide bonds. The molecule has 5 nitrogen and oxygen atoms in total. The molecule has 0 radical (unpaired) electrons. The Balaban J connectivity index is 2.50. The smallest absolute Gasteiger partial charge is 0.0838 e. The number of nitrogens with two attached hydrogens (primary N) is 1. The van der Waals surface area contributed by atoms with E-state index in [0.29, 0.717) is 6.54 Å².